The lowest BCUT2D eigenvalue weighted by Gasteiger charge is -1.91. The van der Waals surface area contributed by atoms with Crippen LogP contribution in [0, 0.1) is 0 Å². The molecule has 0 saturated carbocycles. The Kier molecular flexibility index (Phi) is 13.7. The van der Waals surface area contributed by atoms with E-state index < -0.39 is 0 Å². The maximum Gasteiger partial charge on any atom is 0.127 e. The highest BCUT2D eigenvalue weighted by molar-refractivity contribution is 5.86. The van der Waals surface area contributed by atoms with Crippen molar-refractivity contribution in [3.63, 3.8) is 0 Å². The number of amidine groups is 1. The molecular weight excluding hydrogens is 136 g/mol. The summed E-state index contributed by atoms with van der Waals surface area (Å²) < 4.78 is 0. The molecule has 11 heavy (non-hydrogen) atoms. The smallest absolute Gasteiger partial charge is 0.127 e. The molecule has 0 unspecified atom stereocenters. The standard InChI is InChI=1S/C7H12N2.C2H6/c1-4-6-7(8-3)9-5-2;1-2/h5H,2-4,6H2,1H3;1-2H3. The number of aliphatic imine (C=N–C) groups is 2. The zero-order chi connectivity index (χ0) is 9.11. The second-order valence-electron chi connectivity index (χ2n) is 1.64. The van der Waals surface area contributed by atoms with Crippen LogP contribution in [-0.4, -0.2) is 12.6 Å². The van der Waals surface area contributed by atoms with E-state index in [9.17, 15) is 0 Å². The van der Waals surface area contributed by atoms with Crippen molar-refractivity contribution in [3.8, 4) is 0 Å². The first-order valence-corrected chi connectivity index (χ1v) is 3.99. The van der Waals surface area contributed by atoms with E-state index >= 15 is 0 Å². The lowest BCUT2D eigenvalue weighted by Crippen LogP contribution is -1.89. The van der Waals surface area contributed by atoms with Gasteiger partial charge in [-0.1, -0.05) is 27.4 Å². The van der Waals surface area contributed by atoms with E-state index in [0.29, 0.717) is 0 Å². The minimum Gasteiger partial charge on any atom is -0.249 e. The predicted octanol–water partition coefficient (Wildman–Crippen LogP) is 3.06. The average Bonchev–Trinajstić information content (AvgIpc) is 2.08. The third kappa shape index (κ3) is 9.08. The molecule has 64 valence electrons. The molecule has 0 fully saturated rings. The lowest BCUT2D eigenvalue weighted by molar-refractivity contribution is 0.984. The molecule has 0 atom stereocenters. The van der Waals surface area contributed by atoms with Crippen molar-refractivity contribution >= 4 is 12.6 Å². The Labute approximate surface area is 69.8 Å². The van der Waals surface area contributed by atoms with Gasteiger partial charge in [-0.3, -0.25) is 0 Å². The van der Waals surface area contributed by atoms with Gasteiger partial charge in [0.15, 0.2) is 0 Å². The normalized spacial score (nSPS) is 9.55. The zero-order valence-corrected chi connectivity index (χ0v) is 7.80. The van der Waals surface area contributed by atoms with Gasteiger partial charge in [0.25, 0.3) is 0 Å². The summed E-state index contributed by atoms with van der Waals surface area (Å²) in [4.78, 5) is 7.58. The Hall–Kier alpha value is -0.920. The minimum atomic E-state index is 0.771. The highest BCUT2D eigenvalue weighted by Crippen LogP contribution is 1.92. The van der Waals surface area contributed by atoms with E-state index in [4.69, 9.17) is 0 Å². The van der Waals surface area contributed by atoms with Gasteiger partial charge in [-0.2, -0.15) is 0 Å². The molecule has 0 saturated heterocycles. The first-order valence-electron chi connectivity index (χ1n) is 3.99. The summed E-state index contributed by atoms with van der Waals surface area (Å²) in [6.45, 7) is 12.9. The molecule has 0 aliphatic carbocycles. The van der Waals surface area contributed by atoms with Gasteiger partial charge in [-0.15, -0.1) is 0 Å². The van der Waals surface area contributed by atoms with E-state index in [2.05, 4.69) is 30.2 Å². The second kappa shape index (κ2) is 11.8. The first-order chi connectivity index (χ1) is 5.35. The number of hydrogen-bond donors (Lipinski definition) is 0. The number of nitrogens with zero attached hydrogens (tertiary/aromatic N) is 2. The third-order valence-electron chi connectivity index (χ3n) is 0.896. The lowest BCUT2D eigenvalue weighted by atomic mass is 10.3. The van der Waals surface area contributed by atoms with Crippen LogP contribution in [0.15, 0.2) is 22.8 Å². The molecule has 0 aromatic rings. The molecule has 0 radical (unpaired) electrons. The van der Waals surface area contributed by atoms with E-state index in [1.54, 1.807) is 0 Å². The largest absolute Gasteiger partial charge is 0.249 e. The van der Waals surface area contributed by atoms with Gasteiger partial charge in [-0.05, 0) is 13.1 Å². The molecule has 2 nitrogen and oxygen atoms in total. The van der Waals surface area contributed by atoms with Crippen LogP contribution < -0.4 is 0 Å². The predicted molar refractivity (Wildman–Crippen MR) is 53.4 cm³/mol. The Balaban J connectivity index is 0. The molecule has 0 aromatic carbocycles. The molecular formula is C9H18N2. The molecule has 0 spiro atoms. The van der Waals surface area contributed by atoms with Gasteiger partial charge in [-0.25, -0.2) is 9.98 Å². The van der Waals surface area contributed by atoms with E-state index in [1.165, 1.54) is 6.20 Å². The SMILES string of the molecule is C=CN=C(CCC)N=C.CC. The van der Waals surface area contributed by atoms with Crippen LogP contribution in [0.5, 0.6) is 0 Å². The molecule has 0 amide bonds. The summed E-state index contributed by atoms with van der Waals surface area (Å²) in [6, 6.07) is 0. The zero-order valence-electron chi connectivity index (χ0n) is 7.80. The highest BCUT2D eigenvalue weighted by atomic mass is 14.9. The van der Waals surface area contributed by atoms with Crippen molar-refractivity contribution in [1.29, 1.82) is 0 Å². The quantitative estimate of drug-likeness (QED) is 0.441. The average molecular weight is 154 g/mol. The van der Waals surface area contributed by atoms with Crippen molar-refractivity contribution in [2.24, 2.45) is 9.98 Å². The molecule has 0 rings (SSSR count). The van der Waals surface area contributed by atoms with Crippen molar-refractivity contribution < 1.29 is 0 Å². The molecule has 0 N–H and O–H groups in total. The van der Waals surface area contributed by atoms with Gasteiger partial charge < -0.3 is 0 Å². The van der Waals surface area contributed by atoms with Crippen molar-refractivity contribution in [3.05, 3.63) is 12.8 Å². The van der Waals surface area contributed by atoms with Crippen LogP contribution >= 0.6 is 0 Å². The maximum atomic E-state index is 3.88. The van der Waals surface area contributed by atoms with Crippen LogP contribution in [0.1, 0.15) is 33.6 Å². The Bertz CT molecular complexity index is 126. The second-order valence-corrected chi connectivity index (χ2v) is 1.64. The summed E-state index contributed by atoms with van der Waals surface area (Å²) in [7, 11) is 0. The van der Waals surface area contributed by atoms with E-state index in [1.807, 2.05) is 13.8 Å². The van der Waals surface area contributed by atoms with Crippen LogP contribution in [0.25, 0.3) is 0 Å². The minimum absolute atomic E-state index is 0.771. The van der Waals surface area contributed by atoms with Crippen LogP contribution in [0.4, 0.5) is 0 Å². The van der Waals surface area contributed by atoms with Crippen LogP contribution in [0.3, 0.4) is 0 Å². The fourth-order valence-electron chi connectivity index (χ4n) is 0.513. The molecule has 0 aliphatic heterocycles. The Morgan fingerprint density at radius 3 is 2.27 bits per heavy atom. The van der Waals surface area contributed by atoms with Gasteiger partial charge in [0.2, 0.25) is 0 Å². The van der Waals surface area contributed by atoms with Gasteiger partial charge in [0.1, 0.15) is 5.84 Å². The molecule has 0 aliphatic rings. The van der Waals surface area contributed by atoms with Gasteiger partial charge in [0, 0.05) is 12.6 Å². The first kappa shape index (κ1) is 12.7. The van der Waals surface area contributed by atoms with Crippen LogP contribution in [0.2, 0.25) is 0 Å². The summed E-state index contributed by atoms with van der Waals surface area (Å²) in [6.07, 6.45) is 3.42. The number of rotatable bonds is 3. The topological polar surface area (TPSA) is 24.7 Å². The molecule has 0 aromatic heterocycles. The summed E-state index contributed by atoms with van der Waals surface area (Å²) >= 11 is 0. The summed E-state index contributed by atoms with van der Waals surface area (Å²) in [5, 5.41) is 0. The maximum absolute atomic E-state index is 3.88. The van der Waals surface area contributed by atoms with Crippen molar-refractivity contribution in [2.75, 3.05) is 0 Å². The van der Waals surface area contributed by atoms with Crippen molar-refractivity contribution in [1.82, 2.24) is 0 Å². The fourth-order valence-corrected chi connectivity index (χ4v) is 0.513. The van der Waals surface area contributed by atoms with Gasteiger partial charge in [0.05, 0.1) is 0 Å². The summed E-state index contributed by atoms with van der Waals surface area (Å²) in [5.41, 5.74) is 0. The molecule has 0 bridgehead atoms. The van der Waals surface area contributed by atoms with Crippen molar-refractivity contribution in [2.45, 2.75) is 33.6 Å². The van der Waals surface area contributed by atoms with Gasteiger partial charge >= 0.3 is 0 Å². The monoisotopic (exact) mass is 154 g/mol. The fraction of sp³-hybridized carbons (Fsp3) is 0.556. The van der Waals surface area contributed by atoms with Crippen LogP contribution in [-0.2, 0) is 0 Å². The number of hydrogen-bond acceptors (Lipinski definition) is 1. The summed E-state index contributed by atoms with van der Waals surface area (Å²) in [5.74, 6) is 0.771. The van der Waals surface area contributed by atoms with E-state index in [0.717, 1.165) is 18.7 Å². The molecule has 2 heteroatoms. The Morgan fingerprint density at radius 2 is 2.00 bits per heavy atom. The Morgan fingerprint density at radius 1 is 1.45 bits per heavy atom. The molecule has 0 heterocycles. The highest BCUT2D eigenvalue weighted by Gasteiger charge is 1.87. The van der Waals surface area contributed by atoms with E-state index in [-0.39, 0.29) is 0 Å². The third-order valence-corrected chi connectivity index (χ3v) is 0.896.